The third-order valence-electron chi connectivity index (χ3n) is 3.27. The van der Waals surface area contributed by atoms with Gasteiger partial charge in [0.25, 0.3) is 0 Å². The number of hydrogen-bond acceptors (Lipinski definition) is 1. The summed E-state index contributed by atoms with van der Waals surface area (Å²) >= 11 is 12.4. The maximum absolute atomic E-state index is 6.31. The quantitative estimate of drug-likeness (QED) is 0.721. The predicted molar refractivity (Wildman–Crippen MR) is 90.9 cm³/mol. The second-order valence-electron chi connectivity index (χ2n) is 7.04. The average molecular weight is 316 g/mol. The Morgan fingerprint density at radius 1 is 1.15 bits per heavy atom. The molecule has 1 aromatic carbocycles. The van der Waals surface area contributed by atoms with Crippen LogP contribution >= 0.6 is 23.2 Å². The first kappa shape index (κ1) is 17.8. The zero-order chi connectivity index (χ0) is 15.3. The molecule has 0 spiro atoms. The van der Waals surface area contributed by atoms with Gasteiger partial charge in [-0.25, -0.2) is 0 Å². The number of nitrogens with one attached hydrogen (secondary N) is 1. The van der Waals surface area contributed by atoms with Crippen molar-refractivity contribution >= 4 is 23.2 Å². The minimum Gasteiger partial charge on any atom is -0.312 e. The maximum Gasteiger partial charge on any atom is 0.0624 e. The Bertz CT molecular complexity index is 421. The molecule has 0 radical (unpaired) electrons. The zero-order valence-corrected chi connectivity index (χ0v) is 14.8. The first-order chi connectivity index (χ1) is 9.19. The lowest BCUT2D eigenvalue weighted by Gasteiger charge is -2.26. The lowest BCUT2D eigenvalue weighted by molar-refractivity contribution is 0.331. The van der Waals surface area contributed by atoms with Crippen LogP contribution in [0.5, 0.6) is 0 Å². The Hall–Kier alpha value is -0.240. The monoisotopic (exact) mass is 315 g/mol. The molecule has 1 rings (SSSR count). The molecule has 0 saturated heterocycles. The first-order valence-corrected chi connectivity index (χ1v) is 8.12. The number of rotatable bonds is 6. The maximum atomic E-state index is 6.31. The Labute approximate surface area is 134 Å². The standard InChI is InChI=1S/C17H27Cl2N/c1-12(2)9-13(11-20-17(3,4)5)10-14-7-6-8-15(18)16(14)19/h6-8,12-13,20H,9-11H2,1-5H3. The van der Waals surface area contributed by atoms with E-state index in [1.54, 1.807) is 0 Å². The van der Waals surface area contributed by atoms with Gasteiger partial charge in [0.15, 0.2) is 0 Å². The number of halogens is 2. The molecule has 1 atom stereocenters. The Morgan fingerprint density at radius 3 is 2.35 bits per heavy atom. The molecular formula is C17H27Cl2N. The summed E-state index contributed by atoms with van der Waals surface area (Å²) in [6, 6.07) is 5.91. The van der Waals surface area contributed by atoms with Gasteiger partial charge in [-0.1, -0.05) is 49.2 Å². The van der Waals surface area contributed by atoms with E-state index in [0.29, 0.717) is 21.9 Å². The van der Waals surface area contributed by atoms with Crippen molar-refractivity contribution in [2.24, 2.45) is 11.8 Å². The van der Waals surface area contributed by atoms with Crippen molar-refractivity contribution in [1.29, 1.82) is 0 Å². The summed E-state index contributed by atoms with van der Waals surface area (Å²) in [7, 11) is 0. The molecular weight excluding hydrogens is 289 g/mol. The van der Waals surface area contributed by atoms with Crippen molar-refractivity contribution in [2.75, 3.05) is 6.54 Å². The van der Waals surface area contributed by atoms with E-state index in [1.165, 1.54) is 6.42 Å². The molecule has 0 aliphatic heterocycles. The van der Waals surface area contributed by atoms with Gasteiger partial charge in [0.1, 0.15) is 0 Å². The van der Waals surface area contributed by atoms with Gasteiger partial charge in [-0.2, -0.15) is 0 Å². The molecule has 0 amide bonds. The van der Waals surface area contributed by atoms with E-state index < -0.39 is 0 Å². The van der Waals surface area contributed by atoms with Gasteiger partial charge in [0.05, 0.1) is 10.0 Å². The van der Waals surface area contributed by atoms with E-state index in [2.05, 4.69) is 46.0 Å². The van der Waals surface area contributed by atoms with Gasteiger partial charge in [-0.3, -0.25) is 0 Å². The normalized spacial score (nSPS) is 13.8. The van der Waals surface area contributed by atoms with Gasteiger partial charge in [-0.15, -0.1) is 0 Å². The van der Waals surface area contributed by atoms with Crippen molar-refractivity contribution in [2.45, 2.75) is 53.0 Å². The van der Waals surface area contributed by atoms with E-state index in [9.17, 15) is 0 Å². The Balaban J connectivity index is 2.76. The molecule has 0 bridgehead atoms. The van der Waals surface area contributed by atoms with E-state index in [-0.39, 0.29) is 5.54 Å². The molecule has 1 unspecified atom stereocenters. The zero-order valence-electron chi connectivity index (χ0n) is 13.3. The van der Waals surface area contributed by atoms with Crippen LogP contribution < -0.4 is 5.32 Å². The summed E-state index contributed by atoms with van der Waals surface area (Å²) in [5.41, 5.74) is 1.30. The minimum absolute atomic E-state index is 0.146. The van der Waals surface area contributed by atoms with E-state index in [1.807, 2.05) is 12.1 Å². The van der Waals surface area contributed by atoms with E-state index in [4.69, 9.17) is 23.2 Å². The fourth-order valence-corrected chi connectivity index (χ4v) is 2.77. The largest absolute Gasteiger partial charge is 0.312 e. The first-order valence-electron chi connectivity index (χ1n) is 7.37. The summed E-state index contributed by atoms with van der Waals surface area (Å²) in [6.07, 6.45) is 2.16. The van der Waals surface area contributed by atoms with Gasteiger partial charge in [0, 0.05) is 5.54 Å². The molecule has 0 aliphatic carbocycles. The Morgan fingerprint density at radius 2 is 1.80 bits per heavy atom. The molecule has 1 aromatic rings. The second-order valence-corrected chi connectivity index (χ2v) is 7.83. The smallest absolute Gasteiger partial charge is 0.0624 e. The van der Waals surface area contributed by atoms with Crippen LogP contribution in [-0.4, -0.2) is 12.1 Å². The molecule has 1 nitrogen and oxygen atoms in total. The summed E-state index contributed by atoms with van der Waals surface area (Å²) in [5, 5.41) is 4.96. The third-order valence-corrected chi connectivity index (χ3v) is 4.12. The highest BCUT2D eigenvalue weighted by atomic mass is 35.5. The predicted octanol–water partition coefficient (Wildman–Crippen LogP) is 5.59. The van der Waals surface area contributed by atoms with Crippen molar-refractivity contribution in [3.8, 4) is 0 Å². The molecule has 0 aliphatic rings. The van der Waals surface area contributed by atoms with E-state index >= 15 is 0 Å². The van der Waals surface area contributed by atoms with Crippen LogP contribution in [0, 0.1) is 11.8 Å². The lowest BCUT2D eigenvalue weighted by Crippen LogP contribution is -2.39. The highest BCUT2D eigenvalue weighted by Crippen LogP contribution is 2.28. The van der Waals surface area contributed by atoms with E-state index in [0.717, 1.165) is 18.5 Å². The van der Waals surface area contributed by atoms with Crippen LogP contribution in [0.1, 0.15) is 46.6 Å². The third kappa shape index (κ3) is 6.47. The summed E-state index contributed by atoms with van der Waals surface area (Å²) in [6.45, 7) is 12.1. The van der Waals surface area contributed by atoms with Crippen molar-refractivity contribution in [3.63, 3.8) is 0 Å². The molecule has 1 N–H and O–H groups in total. The molecule has 0 fully saturated rings. The average Bonchev–Trinajstić information content (AvgIpc) is 2.30. The van der Waals surface area contributed by atoms with Crippen LogP contribution in [0.15, 0.2) is 18.2 Å². The van der Waals surface area contributed by atoms with Crippen molar-refractivity contribution < 1.29 is 0 Å². The van der Waals surface area contributed by atoms with Gasteiger partial charge < -0.3 is 5.32 Å². The molecule has 114 valence electrons. The van der Waals surface area contributed by atoms with Crippen LogP contribution in [0.4, 0.5) is 0 Å². The summed E-state index contributed by atoms with van der Waals surface area (Å²) in [5.74, 6) is 1.25. The fraction of sp³-hybridized carbons (Fsp3) is 0.647. The molecule has 20 heavy (non-hydrogen) atoms. The fourth-order valence-electron chi connectivity index (χ4n) is 2.37. The molecule has 0 heterocycles. The van der Waals surface area contributed by atoms with Gasteiger partial charge in [-0.05, 0) is 63.6 Å². The minimum atomic E-state index is 0.146. The molecule has 3 heteroatoms. The van der Waals surface area contributed by atoms with Crippen LogP contribution in [0.2, 0.25) is 10.0 Å². The highest BCUT2D eigenvalue weighted by Gasteiger charge is 2.17. The van der Waals surface area contributed by atoms with Crippen molar-refractivity contribution in [3.05, 3.63) is 33.8 Å². The SMILES string of the molecule is CC(C)CC(CNC(C)(C)C)Cc1cccc(Cl)c1Cl. The number of benzene rings is 1. The second kappa shape index (κ2) is 7.68. The Kier molecular flexibility index (Phi) is 6.84. The topological polar surface area (TPSA) is 12.0 Å². The van der Waals surface area contributed by atoms with Crippen LogP contribution in [0.25, 0.3) is 0 Å². The van der Waals surface area contributed by atoms with Crippen molar-refractivity contribution in [1.82, 2.24) is 5.32 Å². The summed E-state index contributed by atoms with van der Waals surface area (Å²) in [4.78, 5) is 0. The van der Waals surface area contributed by atoms with Gasteiger partial charge in [0.2, 0.25) is 0 Å². The molecule has 0 saturated carbocycles. The lowest BCUT2D eigenvalue weighted by atomic mass is 9.90. The van der Waals surface area contributed by atoms with Crippen LogP contribution in [0.3, 0.4) is 0 Å². The van der Waals surface area contributed by atoms with Crippen LogP contribution in [-0.2, 0) is 6.42 Å². The highest BCUT2D eigenvalue weighted by molar-refractivity contribution is 6.42. The van der Waals surface area contributed by atoms with Gasteiger partial charge >= 0.3 is 0 Å². The molecule has 0 aromatic heterocycles. The number of hydrogen-bond donors (Lipinski definition) is 1. The summed E-state index contributed by atoms with van der Waals surface area (Å²) < 4.78 is 0.